The number of benzene rings is 3. The molecule has 5 rings (SSSR count). The van der Waals surface area contributed by atoms with Gasteiger partial charge in [-0.3, -0.25) is 9.97 Å². The number of nitrogens with zero attached hydrogens (tertiary/aromatic N) is 2. The van der Waals surface area contributed by atoms with Gasteiger partial charge in [0.2, 0.25) is 0 Å². The number of hydrogen-bond acceptors (Lipinski definition) is 2. The van der Waals surface area contributed by atoms with Crippen molar-refractivity contribution in [1.29, 1.82) is 0 Å². The van der Waals surface area contributed by atoms with Gasteiger partial charge in [-0.15, -0.1) is 0 Å². The Hall–Kier alpha value is -3.26. The smallest absolute Gasteiger partial charge is 0.0783 e. The molecule has 0 saturated heterocycles. The van der Waals surface area contributed by atoms with Crippen LogP contribution < -0.4 is 0 Å². The summed E-state index contributed by atoms with van der Waals surface area (Å²) in [5.74, 6) is 0. The minimum Gasteiger partial charge on any atom is -0.256 e. The standard InChI is InChI=1S/C14H11N.C9H7N/c1-10-6-7-12-9-8-11-4-2-3-5-13(11)14(12)15-10;1-2-6-9-8(4-1)5-3-7-10-9/h2-9H,1H3;1-7H. The van der Waals surface area contributed by atoms with Gasteiger partial charge >= 0.3 is 0 Å². The van der Waals surface area contributed by atoms with Crippen LogP contribution in [0.25, 0.3) is 32.6 Å². The topological polar surface area (TPSA) is 25.8 Å². The van der Waals surface area contributed by atoms with E-state index < -0.39 is 0 Å². The third-order valence-electron chi connectivity index (χ3n) is 4.24. The van der Waals surface area contributed by atoms with Gasteiger partial charge in [0, 0.05) is 28.0 Å². The first-order valence-electron chi connectivity index (χ1n) is 8.36. The zero-order chi connectivity index (χ0) is 17.1. The van der Waals surface area contributed by atoms with E-state index in [2.05, 4.69) is 70.6 Å². The zero-order valence-electron chi connectivity index (χ0n) is 14.1. The summed E-state index contributed by atoms with van der Waals surface area (Å²) in [6, 6.07) is 28.9. The van der Waals surface area contributed by atoms with Gasteiger partial charge in [-0.2, -0.15) is 0 Å². The molecule has 5 aromatic rings. The second-order valence-electron chi connectivity index (χ2n) is 6.01. The highest BCUT2D eigenvalue weighted by Gasteiger charge is 2.00. The lowest BCUT2D eigenvalue weighted by molar-refractivity contribution is 1.26. The van der Waals surface area contributed by atoms with Crippen LogP contribution in [0.3, 0.4) is 0 Å². The Labute approximate surface area is 146 Å². The molecule has 0 fully saturated rings. The van der Waals surface area contributed by atoms with Crippen LogP contribution in [0, 0.1) is 6.92 Å². The van der Waals surface area contributed by atoms with E-state index in [1.54, 1.807) is 0 Å². The molecule has 2 heteroatoms. The number of aryl methyl sites for hydroxylation is 1. The summed E-state index contributed by atoms with van der Waals surface area (Å²) in [6.45, 7) is 2.03. The Kier molecular flexibility index (Phi) is 4.09. The van der Waals surface area contributed by atoms with Crippen LogP contribution in [-0.2, 0) is 0 Å². The molecule has 2 heterocycles. The molecule has 0 bridgehead atoms. The lowest BCUT2D eigenvalue weighted by Gasteiger charge is -2.03. The van der Waals surface area contributed by atoms with Crippen molar-refractivity contribution >= 4 is 32.6 Å². The summed E-state index contributed by atoms with van der Waals surface area (Å²) in [5.41, 5.74) is 3.23. The number of para-hydroxylation sites is 1. The largest absolute Gasteiger partial charge is 0.256 e. The van der Waals surface area contributed by atoms with Crippen molar-refractivity contribution in [2.45, 2.75) is 6.92 Å². The maximum atomic E-state index is 4.60. The molecule has 2 aromatic heterocycles. The Bertz CT molecular complexity index is 1100. The highest BCUT2D eigenvalue weighted by molar-refractivity contribution is 6.05. The SMILES string of the molecule is Cc1ccc2ccc3ccccc3c2n1.c1ccc2ncccc2c1. The number of fused-ring (bicyclic) bond motifs is 4. The number of rotatable bonds is 0. The van der Waals surface area contributed by atoms with Gasteiger partial charge in [0.15, 0.2) is 0 Å². The van der Waals surface area contributed by atoms with Crippen LogP contribution in [0.4, 0.5) is 0 Å². The molecule has 0 aliphatic rings. The van der Waals surface area contributed by atoms with E-state index in [4.69, 9.17) is 0 Å². The molecule has 0 radical (unpaired) electrons. The monoisotopic (exact) mass is 322 g/mol. The van der Waals surface area contributed by atoms with Gasteiger partial charge < -0.3 is 0 Å². The maximum Gasteiger partial charge on any atom is 0.0783 e. The van der Waals surface area contributed by atoms with E-state index in [0.29, 0.717) is 0 Å². The van der Waals surface area contributed by atoms with E-state index in [-0.39, 0.29) is 0 Å². The van der Waals surface area contributed by atoms with Gasteiger partial charge in [-0.05, 0) is 30.5 Å². The number of aromatic nitrogens is 2. The van der Waals surface area contributed by atoms with Crippen LogP contribution in [0.5, 0.6) is 0 Å². The average molecular weight is 322 g/mol. The Morgan fingerprint density at radius 2 is 1.28 bits per heavy atom. The summed E-state index contributed by atoms with van der Waals surface area (Å²) in [6.07, 6.45) is 1.81. The van der Waals surface area contributed by atoms with E-state index in [1.165, 1.54) is 21.5 Å². The quantitative estimate of drug-likeness (QED) is 0.330. The zero-order valence-corrected chi connectivity index (χ0v) is 14.1. The molecule has 120 valence electrons. The lowest BCUT2D eigenvalue weighted by atomic mass is 10.1. The van der Waals surface area contributed by atoms with Crippen LogP contribution in [0.2, 0.25) is 0 Å². The van der Waals surface area contributed by atoms with Gasteiger partial charge in [-0.1, -0.05) is 66.7 Å². The van der Waals surface area contributed by atoms with E-state index in [1.807, 2.05) is 37.4 Å². The minimum absolute atomic E-state index is 1.06. The normalized spacial score (nSPS) is 10.6. The summed E-state index contributed by atoms with van der Waals surface area (Å²) < 4.78 is 0. The fourth-order valence-electron chi connectivity index (χ4n) is 2.97. The Balaban J connectivity index is 0.000000136. The average Bonchev–Trinajstić information content (AvgIpc) is 2.68. The molecule has 0 amide bonds. The highest BCUT2D eigenvalue weighted by atomic mass is 14.7. The first kappa shape index (κ1) is 15.3. The molecule has 0 spiro atoms. The van der Waals surface area contributed by atoms with Gasteiger partial charge in [0.25, 0.3) is 0 Å². The molecule has 2 nitrogen and oxygen atoms in total. The predicted molar refractivity (Wildman–Crippen MR) is 106 cm³/mol. The van der Waals surface area contributed by atoms with Crippen LogP contribution in [-0.4, -0.2) is 9.97 Å². The number of hydrogen-bond donors (Lipinski definition) is 0. The van der Waals surface area contributed by atoms with E-state index >= 15 is 0 Å². The van der Waals surface area contributed by atoms with Crippen LogP contribution >= 0.6 is 0 Å². The molecular weight excluding hydrogens is 304 g/mol. The predicted octanol–water partition coefficient (Wildman–Crippen LogP) is 5.93. The minimum atomic E-state index is 1.06. The highest BCUT2D eigenvalue weighted by Crippen LogP contribution is 2.23. The van der Waals surface area contributed by atoms with Crippen molar-refractivity contribution in [2.24, 2.45) is 0 Å². The summed E-state index contributed by atoms with van der Waals surface area (Å²) in [5, 5.41) is 4.89. The molecule has 0 unspecified atom stereocenters. The molecule has 0 aliphatic carbocycles. The van der Waals surface area contributed by atoms with Crippen molar-refractivity contribution in [3.8, 4) is 0 Å². The van der Waals surface area contributed by atoms with E-state index in [0.717, 1.165) is 16.7 Å². The summed E-state index contributed by atoms with van der Waals surface area (Å²) in [4.78, 5) is 8.78. The second-order valence-corrected chi connectivity index (χ2v) is 6.01. The van der Waals surface area contributed by atoms with Crippen molar-refractivity contribution < 1.29 is 0 Å². The van der Waals surface area contributed by atoms with Gasteiger partial charge in [0.05, 0.1) is 11.0 Å². The molecule has 0 atom stereocenters. The van der Waals surface area contributed by atoms with E-state index in [9.17, 15) is 0 Å². The van der Waals surface area contributed by atoms with Crippen LogP contribution in [0.15, 0.2) is 91.1 Å². The molecule has 25 heavy (non-hydrogen) atoms. The molecular formula is C23H18N2. The van der Waals surface area contributed by atoms with Crippen molar-refractivity contribution in [3.05, 3.63) is 96.8 Å². The van der Waals surface area contributed by atoms with Crippen molar-refractivity contribution in [2.75, 3.05) is 0 Å². The third-order valence-corrected chi connectivity index (χ3v) is 4.24. The van der Waals surface area contributed by atoms with Gasteiger partial charge in [-0.25, -0.2) is 0 Å². The molecule has 3 aromatic carbocycles. The number of pyridine rings is 2. The summed E-state index contributed by atoms with van der Waals surface area (Å²) >= 11 is 0. The summed E-state index contributed by atoms with van der Waals surface area (Å²) in [7, 11) is 0. The molecule has 0 aliphatic heterocycles. The van der Waals surface area contributed by atoms with Gasteiger partial charge in [0.1, 0.15) is 0 Å². The third kappa shape index (κ3) is 3.20. The fraction of sp³-hybridized carbons (Fsp3) is 0.0435. The van der Waals surface area contributed by atoms with Crippen LogP contribution in [0.1, 0.15) is 5.69 Å². The first-order valence-corrected chi connectivity index (χ1v) is 8.36. The Morgan fingerprint density at radius 1 is 0.600 bits per heavy atom. The van der Waals surface area contributed by atoms with Crippen molar-refractivity contribution in [1.82, 2.24) is 9.97 Å². The Morgan fingerprint density at radius 3 is 2.16 bits per heavy atom. The molecule has 0 N–H and O–H groups in total. The lowest BCUT2D eigenvalue weighted by Crippen LogP contribution is -1.84. The first-order chi connectivity index (χ1) is 12.3. The molecule has 0 saturated carbocycles. The second kappa shape index (κ2) is 6.70. The maximum absolute atomic E-state index is 4.60. The fourth-order valence-corrected chi connectivity index (χ4v) is 2.97. The van der Waals surface area contributed by atoms with Crippen molar-refractivity contribution in [3.63, 3.8) is 0 Å².